The number of ether oxygens (including phenoxy) is 1. The molecule has 0 unspecified atom stereocenters. The van der Waals surface area contributed by atoms with E-state index in [9.17, 15) is 45.1 Å². The summed E-state index contributed by atoms with van der Waals surface area (Å²) >= 11 is 6.01. The van der Waals surface area contributed by atoms with Crippen LogP contribution < -0.4 is 31.3 Å². The van der Waals surface area contributed by atoms with E-state index in [0.717, 1.165) is 5.56 Å². The molecule has 1 fully saturated rings. The summed E-state index contributed by atoms with van der Waals surface area (Å²) in [6, 6.07) is 13.9. The molecule has 0 bridgehead atoms. The first kappa shape index (κ1) is 40.5. The molecule has 1 aliphatic rings. The van der Waals surface area contributed by atoms with Crippen LogP contribution >= 0.6 is 11.6 Å². The number of rotatable bonds is 13. The van der Waals surface area contributed by atoms with Gasteiger partial charge in [-0.25, -0.2) is 4.39 Å². The smallest absolute Gasteiger partial charge is 0.422 e. The third-order valence-corrected chi connectivity index (χ3v) is 8.34. The van der Waals surface area contributed by atoms with E-state index in [0.29, 0.717) is 35.7 Å². The largest absolute Gasteiger partial charge is 0.454 e. The summed E-state index contributed by atoms with van der Waals surface area (Å²) in [6.45, 7) is 1.59. The van der Waals surface area contributed by atoms with Crippen molar-refractivity contribution in [3.63, 3.8) is 0 Å². The number of carbonyl (C=O) groups excluding carboxylic acids is 3. The summed E-state index contributed by atoms with van der Waals surface area (Å²) in [5, 5.41) is 13.5. The van der Waals surface area contributed by atoms with Crippen LogP contribution in [-0.2, 0) is 21.3 Å². The molecule has 12 nitrogen and oxygen atoms in total. The molecule has 20 heteroatoms. The highest BCUT2D eigenvalue weighted by molar-refractivity contribution is 6.39. The maximum Gasteiger partial charge on any atom is 0.422 e. The van der Waals surface area contributed by atoms with Gasteiger partial charge in [0.2, 0.25) is 11.9 Å². The molecule has 0 aliphatic heterocycles. The minimum absolute atomic E-state index is 0.0140. The van der Waals surface area contributed by atoms with E-state index < -0.39 is 70.7 Å². The minimum atomic E-state index is -4.80. The first-order valence-corrected chi connectivity index (χ1v) is 16.7. The van der Waals surface area contributed by atoms with Crippen molar-refractivity contribution in [2.45, 2.75) is 44.6 Å². The van der Waals surface area contributed by atoms with Crippen molar-refractivity contribution in [1.82, 2.24) is 25.6 Å². The number of hydrogen-bond acceptors (Lipinski definition) is 9. The molecule has 1 heterocycles. The number of aromatic nitrogens is 3. The second-order valence-corrected chi connectivity index (χ2v) is 13.7. The van der Waals surface area contributed by atoms with Gasteiger partial charge in [-0.05, 0) is 78.4 Å². The zero-order valence-electron chi connectivity index (χ0n) is 28.9. The van der Waals surface area contributed by atoms with Gasteiger partial charge in [-0.2, -0.15) is 41.3 Å². The predicted molar refractivity (Wildman–Crippen MR) is 186 cm³/mol. The number of carbonyl (C=O) groups is 3. The van der Waals surface area contributed by atoms with Gasteiger partial charge in [0, 0.05) is 29.4 Å². The zero-order valence-corrected chi connectivity index (χ0v) is 29.6. The van der Waals surface area contributed by atoms with Crippen LogP contribution in [0.2, 0.25) is 5.02 Å². The Morgan fingerprint density at radius 2 is 1.45 bits per heavy atom. The summed E-state index contributed by atoms with van der Waals surface area (Å²) < 4.78 is 96.0. The van der Waals surface area contributed by atoms with Crippen molar-refractivity contribution in [2.75, 3.05) is 35.6 Å². The molecule has 4 aromatic rings. The molecular weight excluding hydrogens is 765 g/mol. The van der Waals surface area contributed by atoms with Crippen molar-refractivity contribution >= 4 is 52.6 Å². The van der Waals surface area contributed by atoms with Crippen LogP contribution in [0.1, 0.15) is 48.2 Å². The van der Waals surface area contributed by atoms with E-state index in [2.05, 4.69) is 36.2 Å². The van der Waals surface area contributed by atoms with Crippen LogP contribution in [-0.4, -0.2) is 58.5 Å². The lowest BCUT2D eigenvalue weighted by molar-refractivity contribution is -0.154. The fourth-order valence-corrected chi connectivity index (χ4v) is 5.09. The average Bonchev–Trinajstić information content (AvgIpc) is 3.89. The number of anilines is 4. The molecule has 5 N–H and O–H groups in total. The Labute approximate surface area is 313 Å². The van der Waals surface area contributed by atoms with Crippen molar-refractivity contribution < 1.29 is 49.9 Å². The molecule has 1 saturated carbocycles. The van der Waals surface area contributed by atoms with Crippen LogP contribution in [0.15, 0.2) is 66.7 Å². The Balaban J connectivity index is 1.16. The van der Waals surface area contributed by atoms with E-state index in [1.54, 1.807) is 26.0 Å². The van der Waals surface area contributed by atoms with Gasteiger partial charge in [-0.1, -0.05) is 37.6 Å². The predicted octanol–water partition coefficient (Wildman–Crippen LogP) is 6.98. The monoisotopic (exact) mass is 796 g/mol. The summed E-state index contributed by atoms with van der Waals surface area (Å²) in [6.07, 6.45) is -8.04. The lowest BCUT2D eigenvalue weighted by atomic mass is 9.93. The standard InChI is InChI=1S/C35H32ClF7N8O4/c1-32(2,17-45-27(53)28(54)47-25-12-7-21(15-24(25)37)35(41,42)43)16-44-26(52)19-3-10-23(11-4-19)46-29-48-30(50-31(49-29)55-18-34(38,39)40)51-33(13-14-33)20-5-8-22(36)9-6-20/h3-12,15H,13-14,16-18H2,1-2H3,(H,44,52)(H,45,53)(H,47,54)(H2,46,48,49,50,51). The van der Waals surface area contributed by atoms with Gasteiger partial charge in [0.05, 0.1) is 16.8 Å². The van der Waals surface area contributed by atoms with E-state index >= 15 is 0 Å². The zero-order chi connectivity index (χ0) is 40.2. The van der Waals surface area contributed by atoms with Crippen LogP contribution in [0, 0.1) is 11.2 Å². The van der Waals surface area contributed by atoms with Crippen molar-refractivity contribution in [3.05, 3.63) is 94.3 Å². The fraction of sp³-hybridized carbons (Fsp3) is 0.314. The van der Waals surface area contributed by atoms with Crippen molar-refractivity contribution in [2.24, 2.45) is 5.41 Å². The molecule has 0 atom stereocenters. The number of nitrogens with one attached hydrogen (secondary N) is 5. The van der Waals surface area contributed by atoms with Gasteiger partial charge in [-0.3, -0.25) is 14.4 Å². The Hall–Kier alpha value is -5.72. The third kappa shape index (κ3) is 11.4. The Kier molecular flexibility index (Phi) is 11.7. The highest BCUT2D eigenvalue weighted by atomic mass is 35.5. The summed E-state index contributed by atoms with van der Waals surface area (Å²) in [5.41, 5.74) is -1.79. The SMILES string of the molecule is CC(C)(CNC(=O)C(=O)Nc1ccc(C(F)(F)F)cc1F)CNC(=O)c1ccc(Nc2nc(NC3(c4ccc(Cl)cc4)CC3)nc(OCC(F)(F)F)n2)cc1. The van der Waals surface area contributed by atoms with Crippen LogP contribution in [0.5, 0.6) is 6.01 Å². The molecule has 1 aliphatic carbocycles. The molecule has 3 aromatic carbocycles. The van der Waals surface area contributed by atoms with Crippen LogP contribution in [0.3, 0.4) is 0 Å². The van der Waals surface area contributed by atoms with Gasteiger partial charge >= 0.3 is 30.2 Å². The van der Waals surface area contributed by atoms with E-state index in [1.807, 2.05) is 17.4 Å². The van der Waals surface area contributed by atoms with Gasteiger partial charge in [0.1, 0.15) is 5.82 Å². The molecule has 0 radical (unpaired) electrons. The number of alkyl halides is 6. The number of amides is 3. The Morgan fingerprint density at radius 3 is 2.05 bits per heavy atom. The molecule has 1 aromatic heterocycles. The van der Waals surface area contributed by atoms with Gasteiger partial charge in [0.25, 0.3) is 5.91 Å². The van der Waals surface area contributed by atoms with Gasteiger partial charge < -0.3 is 31.3 Å². The first-order chi connectivity index (χ1) is 25.7. The summed E-state index contributed by atoms with van der Waals surface area (Å²) in [5.74, 6) is -4.56. The van der Waals surface area contributed by atoms with Crippen molar-refractivity contribution in [3.8, 4) is 6.01 Å². The van der Waals surface area contributed by atoms with Crippen LogP contribution in [0.25, 0.3) is 0 Å². The van der Waals surface area contributed by atoms with Gasteiger partial charge in [0.15, 0.2) is 6.61 Å². The fourth-order valence-electron chi connectivity index (χ4n) is 4.96. The number of benzene rings is 3. The lowest BCUT2D eigenvalue weighted by Gasteiger charge is -2.25. The molecule has 55 heavy (non-hydrogen) atoms. The quantitative estimate of drug-likeness (QED) is 0.0711. The molecular formula is C35H32ClF7N8O4. The maximum absolute atomic E-state index is 14.1. The third-order valence-electron chi connectivity index (χ3n) is 8.09. The van der Waals surface area contributed by atoms with E-state index in [-0.39, 0.29) is 36.6 Å². The second-order valence-electron chi connectivity index (χ2n) is 13.3. The van der Waals surface area contributed by atoms with Gasteiger partial charge in [-0.15, -0.1) is 0 Å². The first-order valence-electron chi connectivity index (χ1n) is 16.3. The topological polar surface area (TPSA) is 159 Å². The van der Waals surface area contributed by atoms with E-state index in [4.69, 9.17) is 16.3 Å². The summed E-state index contributed by atoms with van der Waals surface area (Å²) in [7, 11) is 0. The second kappa shape index (κ2) is 15.9. The highest BCUT2D eigenvalue weighted by Crippen LogP contribution is 2.48. The Bertz CT molecular complexity index is 2040. The number of hydrogen-bond donors (Lipinski definition) is 5. The average molecular weight is 797 g/mol. The molecule has 5 rings (SSSR count). The summed E-state index contributed by atoms with van der Waals surface area (Å²) in [4.78, 5) is 49.7. The normalized spacial score (nSPS) is 13.7. The molecule has 0 spiro atoms. The number of halogens is 8. The van der Waals surface area contributed by atoms with E-state index in [1.165, 1.54) is 24.3 Å². The molecule has 292 valence electrons. The highest BCUT2D eigenvalue weighted by Gasteiger charge is 2.45. The van der Waals surface area contributed by atoms with Crippen LogP contribution in [0.4, 0.5) is 54.0 Å². The lowest BCUT2D eigenvalue weighted by Crippen LogP contribution is -2.45. The molecule has 3 amide bonds. The van der Waals surface area contributed by atoms with Crippen molar-refractivity contribution in [1.29, 1.82) is 0 Å². The Morgan fingerprint density at radius 1 is 0.818 bits per heavy atom. The maximum atomic E-state index is 14.1. The molecule has 0 saturated heterocycles. The number of nitrogens with zero attached hydrogens (tertiary/aromatic N) is 3. The minimum Gasteiger partial charge on any atom is -0.454 e.